The lowest BCUT2D eigenvalue weighted by Gasteiger charge is -2.18. The second-order valence-corrected chi connectivity index (χ2v) is 5.32. The summed E-state index contributed by atoms with van der Waals surface area (Å²) in [5, 5.41) is 10.2. The summed E-state index contributed by atoms with van der Waals surface area (Å²) in [4.78, 5) is 20.1. The average Bonchev–Trinajstić information content (AvgIpc) is 2.86. The molecule has 0 fully saturated rings. The van der Waals surface area contributed by atoms with Crippen LogP contribution in [0.15, 0.2) is 36.7 Å². The van der Waals surface area contributed by atoms with E-state index in [1.165, 1.54) is 0 Å². The molecule has 0 aliphatic carbocycles. The van der Waals surface area contributed by atoms with E-state index >= 15 is 0 Å². The molecule has 0 bridgehead atoms. The Balaban J connectivity index is 2.23. The number of carbonyl (C=O) groups is 1. The minimum atomic E-state index is -0.946. The van der Waals surface area contributed by atoms with Crippen molar-refractivity contribution in [2.24, 2.45) is 0 Å². The van der Waals surface area contributed by atoms with E-state index in [0.29, 0.717) is 28.2 Å². The van der Waals surface area contributed by atoms with E-state index in [2.05, 4.69) is 9.97 Å². The van der Waals surface area contributed by atoms with Gasteiger partial charge in [0, 0.05) is 29.5 Å². The number of aromatic carboxylic acids is 1. The molecule has 3 aromatic rings. The molecule has 118 valence electrons. The Labute approximate surface area is 133 Å². The molecule has 0 aliphatic rings. The Morgan fingerprint density at radius 2 is 2.09 bits per heavy atom. The van der Waals surface area contributed by atoms with Crippen LogP contribution in [0, 0.1) is 6.92 Å². The summed E-state index contributed by atoms with van der Waals surface area (Å²) >= 11 is 0. The van der Waals surface area contributed by atoms with Gasteiger partial charge in [-0.25, -0.2) is 14.8 Å². The van der Waals surface area contributed by atoms with Gasteiger partial charge in [0.15, 0.2) is 0 Å². The predicted molar refractivity (Wildman–Crippen MR) is 86.0 cm³/mol. The first-order valence-electron chi connectivity index (χ1n) is 7.23. The summed E-state index contributed by atoms with van der Waals surface area (Å²) in [5.41, 5.74) is 2.60. The third-order valence-corrected chi connectivity index (χ3v) is 4.06. The van der Waals surface area contributed by atoms with Crippen LogP contribution in [0.2, 0.25) is 0 Å². The topological polar surface area (TPSA) is 77.2 Å². The number of hydrogen-bond donors (Lipinski definition) is 1. The van der Waals surface area contributed by atoms with Crippen LogP contribution in [-0.2, 0) is 0 Å². The molecule has 0 aromatic carbocycles. The molecule has 0 aliphatic heterocycles. The highest BCUT2D eigenvalue weighted by Crippen LogP contribution is 2.31. The predicted octanol–water partition coefficient (Wildman–Crippen LogP) is 3.06. The van der Waals surface area contributed by atoms with Crippen molar-refractivity contribution in [1.29, 1.82) is 0 Å². The van der Waals surface area contributed by atoms with E-state index in [9.17, 15) is 9.90 Å². The molecule has 0 radical (unpaired) electrons. The Morgan fingerprint density at radius 3 is 2.78 bits per heavy atom. The van der Waals surface area contributed by atoms with Crippen LogP contribution in [0.5, 0.6) is 5.88 Å². The van der Waals surface area contributed by atoms with Gasteiger partial charge in [0.2, 0.25) is 5.88 Å². The van der Waals surface area contributed by atoms with E-state index in [4.69, 9.17) is 4.74 Å². The molecule has 6 nitrogen and oxygen atoms in total. The van der Waals surface area contributed by atoms with Gasteiger partial charge >= 0.3 is 5.97 Å². The normalized spacial score (nSPS) is 12.3. The van der Waals surface area contributed by atoms with E-state index in [1.54, 1.807) is 38.6 Å². The highest BCUT2D eigenvalue weighted by Gasteiger charge is 2.23. The molecule has 1 N–H and O–H groups in total. The summed E-state index contributed by atoms with van der Waals surface area (Å²) < 4.78 is 7.11. The van der Waals surface area contributed by atoms with Gasteiger partial charge < -0.3 is 14.4 Å². The van der Waals surface area contributed by atoms with Crippen molar-refractivity contribution in [3.63, 3.8) is 0 Å². The third-order valence-electron chi connectivity index (χ3n) is 4.06. The fourth-order valence-corrected chi connectivity index (χ4v) is 2.95. The molecule has 0 spiro atoms. The molecular formula is C17H17N3O3. The maximum atomic E-state index is 11.6. The Bertz CT molecular complexity index is 886. The number of carboxylic acid groups (broad SMARTS) is 1. The minimum absolute atomic E-state index is 0.0996. The van der Waals surface area contributed by atoms with Crippen molar-refractivity contribution >= 4 is 17.0 Å². The SMILES string of the molecule is COc1cc(C(C)n2c(C)c(C(=O)O)c3cccnc32)ccn1. The Hall–Kier alpha value is -2.89. The average molecular weight is 311 g/mol. The lowest BCUT2D eigenvalue weighted by Crippen LogP contribution is -2.10. The lowest BCUT2D eigenvalue weighted by molar-refractivity contribution is 0.0698. The van der Waals surface area contributed by atoms with Gasteiger partial charge in [0.05, 0.1) is 18.7 Å². The first kappa shape index (κ1) is 15.0. The number of fused-ring (bicyclic) bond motifs is 1. The second-order valence-electron chi connectivity index (χ2n) is 5.32. The van der Waals surface area contributed by atoms with Crippen molar-refractivity contribution in [2.75, 3.05) is 7.11 Å². The fourth-order valence-electron chi connectivity index (χ4n) is 2.95. The van der Waals surface area contributed by atoms with Crippen LogP contribution in [0.25, 0.3) is 11.0 Å². The first-order valence-corrected chi connectivity index (χ1v) is 7.23. The Morgan fingerprint density at radius 1 is 1.30 bits per heavy atom. The van der Waals surface area contributed by atoms with Crippen molar-refractivity contribution in [3.05, 3.63) is 53.5 Å². The summed E-state index contributed by atoms with van der Waals surface area (Å²) in [5.74, 6) is -0.423. The molecule has 23 heavy (non-hydrogen) atoms. The molecule has 0 saturated carbocycles. The van der Waals surface area contributed by atoms with Crippen LogP contribution in [0.4, 0.5) is 0 Å². The first-order chi connectivity index (χ1) is 11.0. The van der Waals surface area contributed by atoms with Crippen molar-refractivity contribution < 1.29 is 14.6 Å². The summed E-state index contributed by atoms with van der Waals surface area (Å²) in [7, 11) is 1.57. The van der Waals surface area contributed by atoms with Crippen molar-refractivity contribution in [1.82, 2.24) is 14.5 Å². The zero-order chi connectivity index (χ0) is 16.6. The smallest absolute Gasteiger partial charge is 0.338 e. The van der Waals surface area contributed by atoms with E-state index in [-0.39, 0.29) is 6.04 Å². The number of rotatable bonds is 4. The van der Waals surface area contributed by atoms with Crippen LogP contribution >= 0.6 is 0 Å². The zero-order valence-electron chi connectivity index (χ0n) is 13.1. The number of pyridine rings is 2. The van der Waals surface area contributed by atoms with Crippen molar-refractivity contribution in [3.8, 4) is 5.88 Å². The maximum Gasteiger partial charge on any atom is 0.338 e. The molecule has 0 amide bonds. The number of carboxylic acids is 1. The van der Waals surface area contributed by atoms with Gasteiger partial charge in [0.1, 0.15) is 5.65 Å². The highest BCUT2D eigenvalue weighted by atomic mass is 16.5. The van der Waals surface area contributed by atoms with Crippen LogP contribution in [0.3, 0.4) is 0 Å². The highest BCUT2D eigenvalue weighted by molar-refractivity contribution is 6.04. The van der Waals surface area contributed by atoms with Gasteiger partial charge in [-0.2, -0.15) is 0 Å². The van der Waals surface area contributed by atoms with Gasteiger partial charge in [0.25, 0.3) is 0 Å². The third kappa shape index (κ3) is 2.42. The summed E-state index contributed by atoms with van der Waals surface area (Å²) in [6, 6.07) is 7.17. The van der Waals surface area contributed by atoms with Gasteiger partial charge in [-0.05, 0) is 37.6 Å². The fraction of sp³-hybridized carbons (Fsp3) is 0.235. The van der Waals surface area contributed by atoms with E-state index in [1.807, 2.05) is 23.6 Å². The maximum absolute atomic E-state index is 11.6. The van der Waals surface area contributed by atoms with Gasteiger partial charge in [-0.15, -0.1) is 0 Å². The van der Waals surface area contributed by atoms with Crippen LogP contribution < -0.4 is 4.74 Å². The van der Waals surface area contributed by atoms with Gasteiger partial charge in [-0.1, -0.05) is 0 Å². The summed E-state index contributed by atoms with van der Waals surface area (Å²) in [6.45, 7) is 3.81. The molecule has 3 rings (SSSR count). The number of hydrogen-bond acceptors (Lipinski definition) is 4. The standard InChI is InChI=1S/C17H17N3O3/c1-10(12-6-8-18-14(9-12)23-3)20-11(2)15(17(21)22)13-5-4-7-19-16(13)20/h4-10H,1-3H3,(H,21,22). The molecular weight excluding hydrogens is 294 g/mol. The van der Waals surface area contributed by atoms with E-state index in [0.717, 1.165) is 5.56 Å². The zero-order valence-corrected chi connectivity index (χ0v) is 13.1. The van der Waals surface area contributed by atoms with Gasteiger partial charge in [-0.3, -0.25) is 0 Å². The molecule has 3 heterocycles. The molecule has 1 unspecified atom stereocenters. The number of aromatic nitrogens is 3. The minimum Gasteiger partial charge on any atom is -0.481 e. The molecule has 1 atom stereocenters. The van der Waals surface area contributed by atoms with E-state index < -0.39 is 5.97 Å². The second kappa shape index (κ2) is 5.72. The largest absolute Gasteiger partial charge is 0.481 e. The molecule has 6 heteroatoms. The number of ether oxygens (including phenoxy) is 1. The Kier molecular flexibility index (Phi) is 3.73. The monoisotopic (exact) mass is 311 g/mol. The number of nitrogens with zero attached hydrogens (tertiary/aromatic N) is 3. The van der Waals surface area contributed by atoms with Crippen molar-refractivity contribution in [2.45, 2.75) is 19.9 Å². The quantitative estimate of drug-likeness (QED) is 0.801. The molecule has 3 aromatic heterocycles. The van der Waals surface area contributed by atoms with Crippen LogP contribution in [-0.4, -0.2) is 32.7 Å². The summed E-state index contributed by atoms with van der Waals surface area (Å²) in [6.07, 6.45) is 3.35. The van der Waals surface area contributed by atoms with Crippen LogP contribution in [0.1, 0.15) is 34.6 Å². The lowest BCUT2D eigenvalue weighted by atomic mass is 10.1. The molecule has 0 saturated heterocycles. The number of methoxy groups -OCH3 is 1.